The molecule has 0 heterocycles. The molecule has 0 radical (unpaired) electrons. The van der Waals surface area contributed by atoms with Crippen molar-refractivity contribution in [1.82, 2.24) is 26.2 Å². The number of aromatic hydroxyl groups is 2. The van der Waals surface area contributed by atoms with Gasteiger partial charge >= 0.3 is 5.97 Å². The number of amides is 5. The van der Waals surface area contributed by atoms with Crippen molar-refractivity contribution in [1.29, 1.82) is 0 Å². The summed E-state index contributed by atoms with van der Waals surface area (Å²) in [6, 6.07) is 21.9. The Morgan fingerprint density at radius 1 is 0.667 bits per heavy atom. The van der Waals surface area contributed by atoms with Crippen molar-refractivity contribution >= 4 is 35.5 Å². The quantitative estimate of drug-likeness (QED) is 0.0482. The zero-order valence-electron chi connectivity index (χ0n) is 36.3. The predicted octanol–water partition coefficient (Wildman–Crippen LogP) is 4.60. The lowest BCUT2D eigenvalue weighted by atomic mass is 10.0. The van der Waals surface area contributed by atoms with Crippen LogP contribution in [0.1, 0.15) is 86.0 Å². The van der Waals surface area contributed by atoms with Crippen LogP contribution >= 0.6 is 0 Å². The largest absolute Gasteiger partial charge is 0.508 e. The van der Waals surface area contributed by atoms with Crippen molar-refractivity contribution < 1.29 is 44.1 Å². The number of nitrogens with one attached hydrogen (secondary N) is 4. The second-order valence-electron chi connectivity index (χ2n) is 15.8. The van der Waals surface area contributed by atoms with Crippen LogP contribution < -0.4 is 27.0 Å². The molecule has 1 unspecified atom stereocenters. The van der Waals surface area contributed by atoms with Crippen molar-refractivity contribution in [3.05, 3.63) is 119 Å². The molecule has 5 amide bonds. The van der Waals surface area contributed by atoms with Gasteiger partial charge in [0.05, 0.1) is 5.92 Å². The number of aryl methyl sites for hydroxylation is 1. The Kier molecular flexibility index (Phi) is 18.7. The summed E-state index contributed by atoms with van der Waals surface area (Å²) in [5, 5.41) is 40.0. The lowest BCUT2D eigenvalue weighted by molar-refractivity contribution is -0.144. The van der Waals surface area contributed by atoms with Crippen LogP contribution in [-0.4, -0.2) is 94.0 Å². The third-order valence-electron chi connectivity index (χ3n) is 10.8. The average Bonchev–Trinajstić information content (AvgIpc) is 3.28. The van der Waals surface area contributed by atoms with Crippen molar-refractivity contribution in [3.63, 3.8) is 0 Å². The number of carboxylic acid groups (broad SMARTS) is 1. The Bertz CT molecular complexity index is 2150. The van der Waals surface area contributed by atoms with E-state index in [2.05, 4.69) is 52.5 Å². The summed E-state index contributed by atoms with van der Waals surface area (Å²) in [6.45, 7) is 5.46. The molecule has 0 fully saturated rings. The zero-order chi connectivity index (χ0) is 46.1. The molecular formula is C48H60N6O9. The molecule has 0 bridgehead atoms. The van der Waals surface area contributed by atoms with Gasteiger partial charge in [-0.05, 0) is 110 Å². The molecule has 15 nitrogen and oxygen atoms in total. The molecule has 4 aromatic rings. The molecule has 336 valence electrons. The first-order chi connectivity index (χ1) is 30.1. The number of phenols is 2. The lowest BCUT2D eigenvalue weighted by Crippen LogP contribution is -2.55. The molecule has 15 heteroatoms. The minimum Gasteiger partial charge on any atom is -0.508 e. The summed E-state index contributed by atoms with van der Waals surface area (Å²) >= 11 is 0. The molecule has 0 spiro atoms. The second-order valence-corrected chi connectivity index (χ2v) is 15.8. The zero-order valence-corrected chi connectivity index (χ0v) is 36.3. The van der Waals surface area contributed by atoms with Crippen LogP contribution in [0.25, 0.3) is 11.1 Å². The number of likely N-dealkylation sites (N-methyl/N-ethyl adjacent to an activating group) is 1. The monoisotopic (exact) mass is 864 g/mol. The Balaban J connectivity index is 1.42. The van der Waals surface area contributed by atoms with Gasteiger partial charge in [0.15, 0.2) is 0 Å². The van der Waals surface area contributed by atoms with Gasteiger partial charge in [-0.1, -0.05) is 80.9 Å². The van der Waals surface area contributed by atoms with Gasteiger partial charge in [-0.25, -0.2) is 4.79 Å². The topological polar surface area (TPSA) is 240 Å². The number of unbranched alkanes of at least 4 members (excludes halogenated alkanes) is 2. The van der Waals surface area contributed by atoms with Gasteiger partial charge in [-0.15, -0.1) is 0 Å². The maximum absolute atomic E-state index is 14.3. The fourth-order valence-corrected chi connectivity index (χ4v) is 6.87. The highest BCUT2D eigenvalue weighted by Gasteiger charge is 2.35. The standard InChI is InChI=1S/C48H60N6O9/c1-5-6-9-32-11-15-34(16-12-32)35-17-19-37(20-18-35)45(59)50-29-30(2)43(57)52-40(10-7-8-27-49)47(61)54(4)42(36-21-25-39(56)26-22-36)46(60)51-31(3)44(58)53-41(48(62)63)28-33-13-23-38(55)24-14-33/h11-26,30-31,40-42,55-56H,5-10,27-29,49H2,1-4H3,(H,50,59)(H,51,60)(H,52,57)(H,53,58)(H,62,63)/t30?,31-,40-,41-,42-/m0/s1. The van der Waals surface area contributed by atoms with Gasteiger partial charge in [0.2, 0.25) is 23.6 Å². The lowest BCUT2D eigenvalue weighted by Gasteiger charge is -2.32. The third kappa shape index (κ3) is 14.7. The molecule has 9 N–H and O–H groups in total. The fourth-order valence-electron chi connectivity index (χ4n) is 6.87. The molecule has 5 atom stereocenters. The Morgan fingerprint density at radius 3 is 1.79 bits per heavy atom. The fraction of sp³-hybridized carbons (Fsp3) is 0.375. The number of phenolic OH excluding ortho intramolecular Hbond substituents is 2. The number of benzene rings is 4. The molecule has 0 saturated heterocycles. The van der Waals surface area contributed by atoms with E-state index in [4.69, 9.17) is 5.73 Å². The Hall–Kier alpha value is -6.74. The number of carbonyl (C=O) groups is 6. The van der Waals surface area contributed by atoms with Gasteiger partial charge in [-0.2, -0.15) is 0 Å². The first kappa shape index (κ1) is 48.9. The van der Waals surface area contributed by atoms with E-state index in [1.165, 1.54) is 68.1 Å². The van der Waals surface area contributed by atoms with Gasteiger partial charge in [0.1, 0.15) is 35.7 Å². The number of hydrogen-bond donors (Lipinski definition) is 8. The van der Waals surface area contributed by atoms with E-state index in [0.717, 1.165) is 35.3 Å². The van der Waals surface area contributed by atoms with Crippen molar-refractivity contribution in [2.24, 2.45) is 11.7 Å². The van der Waals surface area contributed by atoms with Crippen LogP contribution in [0.3, 0.4) is 0 Å². The molecular weight excluding hydrogens is 805 g/mol. The van der Waals surface area contributed by atoms with E-state index in [0.29, 0.717) is 30.5 Å². The summed E-state index contributed by atoms with van der Waals surface area (Å²) in [6.07, 6.45) is 4.39. The van der Waals surface area contributed by atoms with Crippen molar-refractivity contribution in [2.75, 3.05) is 20.1 Å². The van der Waals surface area contributed by atoms with E-state index in [1.54, 1.807) is 19.1 Å². The number of nitrogens with zero attached hydrogens (tertiary/aromatic N) is 1. The molecule has 63 heavy (non-hydrogen) atoms. The first-order valence-corrected chi connectivity index (χ1v) is 21.3. The molecule has 0 aliphatic rings. The smallest absolute Gasteiger partial charge is 0.326 e. The van der Waals surface area contributed by atoms with Crippen molar-refractivity contribution in [2.45, 2.75) is 89.9 Å². The maximum atomic E-state index is 14.3. The summed E-state index contributed by atoms with van der Waals surface area (Å²) in [4.78, 5) is 81.4. The van der Waals surface area contributed by atoms with Crippen LogP contribution in [0, 0.1) is 5.92 Å². The number of carbonyl (C=O) groups excluding carboxylic acids is 5. The maximum Gasteiger partial charge on any atom is 0.326 e. The van der Waals surface area contributed by atoms with Crippen LogP contribution in [0.5, 0.6) is 11.5 Å². The van der Waals surface area contributed by atoms with Crippen LogP contribution in [0.15, 0.2) is 97.1 Å². The van der Waals surface area contributed by atoms with Crippen LogP contribution in [0.4, 0.5) is 0 Å². The highest BCUT2D eigenvalue weighted by atomic mass is 16.4. The number of aliphatic carboxylic acids is 1. The summed E-state index contributed by atoms with van der Waals surface area (Å²) in [5.74, 6) is -5.27. The molecule has 0 aliphatic carbocycles. The highest BCUT2D eigenvalue weighted by Crippen LogP contribution is 2.25. The van der Waals surface area contributed by atoms with E-state index in [-0.39, 0.29) is 42.4 Å². The molecule has 0 aromatic heterocycles. The number of carboxylic acids is 1. The van der Waals surface area contributed by atoms with E-state index >= 15 is 0 Å². The Labute approximate surface area is 368 Å². The molecule has 0 aliphatic heterocycles. The minimum atomic E-state index is -1.36. The van der Waals surface area contributed by atoms with E-state index < -0.39 is 59.7 Å². The van der Waals surface area contributed by atoms with Gasteiger partial charge < -0.3 is 47.2 Å². The number of rotatable bonds is 23. The number of hydrogen-bond acceptors (Lipinski definition) is 9. The highest BCUT2D eigenvalue weighted by molar-refractivity contribution is 5.96. The summed E-state index contributed by atoms with van der Waals surface area (Å²) in [5.41, 5.74) is 10.3. The first-order valence-electron chi connectivity index (χ1n) is 21.3. The van der Waals surface area contributed by atoms with Gasteiger partial charge in [0.25, 0.3) is 5.91 Å². The molecule has 0 saturated carbocycles. The number of nitrogens with two attached hydrogens (primary N) is 1. The minimum absolute atomic E-state index is 0.00475. The third-order valence-corrected chi connectivity index (χ3v) is 10.8. The van der Waals surface area contributed by atoms with Crippen LogP contribution in [0.2, 0.25) is 0 Å². The molecule has 4 rings (SSSR count). The van der Waals surface area contributed by atoms with E-state index in [1.807, 2.05) is 12.1 Å². The molecule has 4 aromatic carbocycles. The SMILES string of the molecule is CCCCc1ccc(-c2ccc(C(=O)NCC(C)C(=O)N[C@@H](CCCCN)C(=O)N(C)[C@H](C(=O)N[C@@H](C)C(=O)N[C@@H](Cc3ccc(O)cc3)C(=O)O)c3ccc(O)cc3)cc2)cc1. The van der Waals surface area contributed by atoms with E-state index in [9.17, 15) is 44.1 Å². The predicted molar refractivity (Wildman–Crippen MR) is 239 cm³/mol. The van der Waals surface area contributed by atoms with Crippen LogP contribution in [-0.2, 0) is 36.8 Å². The van der Waals surface area contributed by atoms with Gasteiger partial charge in [-0.3, -0.25) is 24.0 Å². The second kappa shape index (κ2) is 24.0. The summed E-state index contributed by atoms with van der Waals surface area (Å²) in [7, 11) is 1.38. The van der Waals surface area contributed by atoms with Gasteiger partial charge in [0, 0.05) is 25.6 Å². The summed E-state index contributed by atoms with van der Waals surface area (Å²) < 4.78 is 0. The Morgan fingerprint density at radius 2 is 1.22 bits per heavy atom. The normalized spacial score (nSPS) is 13.3. The average molecular weight is 865 g/mol. The van der Waals surface area contributed by atoms with Crippen molar-refractivity contribution in [3.8, 4) is 22.6 Å².